The molecule has 0 aliphatic carbocycles. The summed E-state index contributed by atoms with van der Waals surface area (Å²) in [5.41, 5.74) is 1.81. The number of amides is 1. The Hall–Kier alpha value is -2.76. The predicted octanol–water partition coefficient (Wildman–Crippen LogP) is 4.16. The summed E-state index contributed by atoms with van der Waals surface area (Å²) < 4.78 is 10.6. The van der Waals surface area contributed by atoms with Gasteiger partial charge in [-0.2, -0.15) is 0 Å². The summed E-state index contributed by atoms with van der Waals surface area (Å²) in [4.78, 5) is 19.3. The van der Waals surface area contributed by atoms with E-state index in [0.717, 1.165) is 61.7 Å². The molecule has 1 aliphatic heterocycles. The van der Waals surface area contributed by atoms with Crippen LogP contribution in [-0.2, 0) is 6.42 Å². The highest BCUT2D eigenvalue weighted by molar-refractivity contribution is 5.94. The Bertz CT molecular complexity index is 808. The van der Waals surface area contributed by atoms with Crippen molar-refractivity contribution in [2.75, 3.05) is 32.6 Å². The van der Waals surface area contributed by atoms with Crippen molar-refractivity contribution in [3.05, 3.63) is 47.7 Å². The average molecular weight is 398 g/mol. The fourth-order valence-electron chi connectivity index (χ4n) is 3.85. The Labute approximate surface area is 173 Å². The summed E-state index contributed by atoms with van der Waals surface area (Å²) >= 11 is 0. The molecule has 0 radical (unpaired) electrons. The first-order valence-electron chi connectivity index (χ1n) is 10.4. The molecule has 0 saturated carbocycles. The van der Waals surface area contributed by atoms with Gasteiger partial charge in [-0.1, -0.05) is 13.0 Å². The standard InChI is InChI=1S/C23H31N3O3/c1-4-19-7-5-6-14-26(19)23(27)18-9-11-22(25-16-18)24-13-12-17-8-10-20(28-2)21(15-17)29-3/h8-11,15-16,19H,4-7,12-14H2,1-3H3,(H,24,25). The highest BCUT2D eigenvalue weighted by Crippen LogP contribution is 2.27. The largest absolute Gasteiger partial charge is 0.493 e. The van der Waals surface area contributed by atoms with Gasteiger partial charge in [0.15, 0.2) is 11.5 Å². The molecule has 29 heavy (non-hydrogen) atoms. The molecular weight excluding hydrogens is 366 g/mol. The quantitative estimate of drug-likeness (QED) is 0.725. The third-order valence-electron chi connectivity index (χ3n) is 5.54. The van der Waals surface area contributed by atoms with Crippen molar-refractivity contribution < 1.29 is 14.3 Å². The van der Waals surface area contributed by atoms with Gasteiger partial charge in [0, 0.05) is 25.3 Å². The van der Waals surface area contributed by atoms with Crippen molar-refractivity contribution in [3.63, 3.8) is 0 Å². The number of carbonyl (C=O) groups excluding carboxylic acids is 1. The Morgan fingerprint density at radius 1 is 1.17 bits per heavy atom. The fourth-order valence-corrected chi connectivity index (χ4v) is 3.85. The van der Waals surface area contributed by atoms with Crippen LogP contribution in [0.15, 0.2) is 36.5 Å². The van der Waals surface area contributed by atoms with Gasteiger partial charge in [-0.25, -0.2) is 4.98 Å². The van der Waals surface area contributed by atoms with Gasteiger partial charge in [-0.3, -0.25) is 4.79 Å². The van der Waals surface area contributed by atoms with E-state index in [9.17, 15) is 4.79 Å². The lowest BCUT2D eigenvalue weighted by Crippen LogP contribution is -2.43. The molecule has 1 fully saturated rings. The van der Waals surface area contributed by atoms with Crippen LogP contribution in [0.3, 0.4) is 0 Å². The van der Waals surface area contributed by atoms with Crippen LogP contribution in [0, 0.1) is 0 Å². The topological polar surface area (TPSA) is 63.7 Å². The SMILES string of the molecule is CCC1CCCCN1C(=O)c1ccc(NCCc2ccc(OC)c(OC)c2)nc1. The van der Waals surface area contributed by atoms with Crippen LogP contribution in [0.1, 0.15) is 48.5 Å². The highest BCUT2D eigenvalue weighted by Gasteiger charge is 2.26. The smallest absolute Gasteiger partial charge is 0.255 e. The molecule has 1 aliphatic rings. The predicted molar refractivity (Wildman–Crippen MR) is 115 cm³/mol. The number of piperidine rings is 1. The van der Waals surface area contributed by atoms with E-state index in [2.05, 4.69) is 17.2 Å². The van der Waals surface area contributed by atoms with Crippen LogP contribution in [0.2, 0.25) is 0 Å². The molecule has 156 valence electrons. The van der Waals surface area contributed by atoms with Crippen molar-refractivity contribution >= 4 is 11.7 Å². The van der Waals surface area contributed by atoms with E-state index in [1.165, 1.54) is 6.42 Å². The van der Waals surface area contributed by atoms with Crippen LogP contribution in [0.5, 0.6) is 11.5 Å². The Kier molecular flexibility index (Phi) is 7.33. The van der Waals surface area contributed by atoms with Gasteiger partial charge in [0.1, 0.15) is 5.82 Å². The van der Waals surface area contributed by atoms with Crippen molar-refractivity contribution in [3.8, 4) is 11.5 Å². The van der Waals surface area contributed by atoms with Gasteiger partial charge in [-0.15, -0.1) is 0 Å². The third kappa shape index (κ3) is 5.19. The van der Waals surface area contributed by atoms with Gasteiger partial charge in [0.05, 0.1) is 19.8 Å². The number of ether oxygens (including phenoxy) is 2. The Balaban J connectivity index is 1.55. The van der Waals surface area contributed by atoms with Crippen LogP contribution in [0.4, 0.5) is 5.82 Å². The molecule has 1 atom stereocenters. The van der Waals surface area contributed by atoms with E-state index in [1.54, 1.807) is 20.4 Å². The first kappa shape index (κ1) is 21.0. The van der Waals surface area contributed by atoms with Crippen molar-refractivity contribution in [1.82, 2.24) is 9.88 Å². The van der Waals surface area contributed by atoms with E-state index in [1.807, 2.05) is 35.2 Å². The third-order valence-corrected chi connectivity index (χ3v) is 5.54. The highest BCUT2D eigenvalue weighted by atomic mass is 16.5. The van der Waals surface area contributed by atoms with Crippen LogP contribution in [-0.4, -0.2) is 49.1 Å². The zero-order chi connectivity index (χ0) is 20.6. The van der Waals surface area contributed by atoms with E-state index in [4.69, 9.17) is 9.47 Å². The molecule has 6 heteroatoms. The Morgan fingerprint density at radius 2 is 2.00 bits per heavy atom. The van der Waals surface area contributed by atoms with Gasteiger partial charge < -0.3 is 19.7 Å². The Morgan fingerprint density at radius 3 is 2.69 bits per heavy atom. The van der Waals surface area contributed by atoms with Crippen LogP contribution in [0.25, 0.3) is 0 Å². The molecule has 1 aromatic heterocycles. The second kappa shape index (κ2) is 10.1. The number of likely N-dealkylation sites (tertiary alicyclic amines) is 1. The molecule has 1 unspecified atom stereocenters. The first-order valence-corrected chi connectivity index (χ1v) is 10.4. The van der Waals surface area contributed by atoms with Crippen LogP contribution < -0.4 is 14.8 Å². The van der Waals surface area contributed by atoms with Crippen molar-refractivity contribution in [2.24, 2.45) is 0 Å². The normalized spacial score (nSPS) is 16.4. The van der Waals surface area contributed by atoms with Gasteiger partial charge >= 0.3 is 0 Å². The van der Waals surface area contributed by atoms with E-state index in [0.29, 0.717) is 11.6 Å². The number of nitrogens with zero attached hydrogens (tertiary/aromatic N) is 2. The summed E-state index contributed by atoms with van der Waals surface area (Å²) in [6.07, 6.45) is 6.92. The fraction of sp³-hybridized carbons (Fsp3) is 0.478. The minimum atomic E-state index is 0.0981. The summed E-state index contributed by atoms with van der Waals surface area (Å²) in [5.74, 6) is 2.33. The molecule has 1 N–H and O–H groups in total. The summed E-state index contributed by atoms with van der Waals surface area (Å²) in [6.45, 7) is 3.74. The number of methoxy groups -OCH3 is 2. The molecule has 1 amide bonds. The number of pyridine rings is 1. The minimum absolute atomic E-state index is 0.0981. The number of benzene rings is 1. The molecular formula is C23H31N3O3. The number of hydrogen-bond acceptors (Lipinski definition) is 5. The zero-order valence-corrected chi connectivity index (χ0v) is 17.6. The molecule has 2 heterocycles. The number of hydrogen-bond donors (Lipinski definition) is 1. The second-order valence-corrected chi connectivity index (χ2v) is 7.35. The lowest BCUT2D eigenvalue weighted by molar-refractivity contribution is 0.0607. The molecule has 0 spiro atoms. The number of rotatable bonds is 8. The van der Waals surface area contributed by atoms with Gasteiger partial charge in [0.2, 0.25) is 0 Å². The molecule has 6 nitrogen and oxygen atoms in total. The number of aromatic nitrogens is 1. The maximum atomic E-state index is 12.8. The molecule has 1 saturated heterocycles. The lowest BCUT2D eigenvalue weighted by atomic mass is 9.99. The number of anilines is 1. The molecule has 0 bridgehead atoms. The molecule has 2 aromatic rings. The summed E-state index contributed by atoms with van der Waals surface area (Å²) in [5, 5.41) is 3.32. The number of nitrogens with one attached hydrogen (secondary N) is 1. The lowest BCUT2D eigenvalue weighted by Gasteiger charge is -2.35. The second-order valence-electron chi connectivity index (χ2n) is 7.35. The van der Waals surface area contributed by atoms with Crippen molar-refractivity contribution in [1.29, 1.82) is 0 Å². The van der Waals surface area contributed by atoms with E-state index >= 15 is 0 Å². The van der Waals surface area contributed by atoms with Gasteiger partial charge in [0.25, 0.3) is 5.91 Å². The van der Waals surface area contributed by atoms with Gasteiger partial charge in [-0.05, 0) is 61.9 Å². The number of carbonyl (C=O) groups is 1. The van der Waals surface area contributed by atoms with E-state index < -0.39 is 0 Å². The zero-order valence-electron chi connectivity index (χ0n) is 17.6. The maximum absolute atomic E-state index is 12.8. The molecule has 3 rings (SSSR count). The first-order chi connectivity index (χ1) is 14.2. The summed E-state index contributed by atoms with van der Waals surface area (Å²) in [7, 11) is 3.27. The van der Waals surface area contributed by atoms with E-state index in [-0.39, 0.29) is 5.91 Å². The average Bonchev–Trinajstić information content (AvgIpc) is 2.78. The van der Waals surface area contributed by atoms with Crippen molar-refractivity contribution in [2.45, 2.75) is 45.1 Å². The monoisotopic (exact) mass is 397 g/mol. The minimum Gasteiger partial charge on any atom is -0.493 e. The maximum Gasteiger partial charge on any atom is 0.255 e. The molecule has 1 aromatic carbocycles. The summed E-state index contributed by atoms with van der Waals surface area (Å²) in [6, 6.07) is 10.0. The van der Waals surface area contributed by atoms with Crippen LogP contribution >= 0.6 is 0 Å².